The molecule has 2 N–H and O–H groups in total. The lowest BCUT2D eigenvalue weighted by Gasteiger charge is -2.27. The first-order chi connectivity index (χ1) is 8.64. The zero-order valence-corrected chi connectivity index (χ0v) is 14.4. The molecule has 0 amide bonds. The van der Waals surface area contributed by atoms with Crippen molar-refractivity contribution in [2.45, 2.75) is 13.3 Å². The van der Waals surface area contributed by atoms with Crippen LogP contribution < -0.4 is 10.0 Å². The summed E-state index contributed by atoms with van der Waals surface area (Å²) in [5, 5.41) is 3.29. The monoisotopic (exact) mass is 351 g/mol. The highest BCUT2D eigenvalue weighted by Crippen LogP contribution is 1.94. The molecule has 0 unspecified atom stereocenters. The summed E-state index contributed by atoms with van der Waals surface area (Å²) in [6.07, 6.45) is 0.855. The molecule has 0 aliphatic carbocycles. The SMILES string of the molecule is CCOCCS(=O)(=O)NCCCN1CCNCC1.Cl.Cl. The number of hydrogen-bond donors (Lipinski definition) is 2. The van der Waals surface area contributed by atoms with Crippen LogP contribution >= 0.6 is 24.8 Å². The van der Waals surface area contributed by atoms with Crippen molar-refractivity contribution in [3.8, 4) is 0 Å². The minimum absolute atomic E-state index is 0. The van der Waals surface area contributed by atoms with Gasteiger partial charge in [-0.3, -0.25) is 0 Å². The zero-order valence-electron chi connectivity index (χ0n) is 12.0. The lowest BCUT2D eigenvalue weighted by Crippen LogP contribution is -2.44. The van der Waals surface area contributed by atoms with Crippen LogP contribution in [0.2, 0.25) is 0 Å². The molecule has 0 radical (unpaired) electrons. The van der Waals surface area contributed by atoms with Crippen LogP contribution in [0.3, 0.4) is 0 Å². The quantitative estimate of drug-likeness (QED) is 0.575. The molecule has 1 aliphatic heterocycles. The van der Waals surface area contributed by atoms with Gasteiger partial charge in [-0.1, -0.05) is 0 Å². The number of nitrogens with zero attached hydrogens (tertiary/aromatic N) is 1. The molecule has 0 aromatic heterocycles. The first-order valence-electron chi connectivity index (χ1n) is 6.62. The first kappa shape index (κ1) is 22.6. The minimum atomic E-state index is -3.16. The van der Waals surface area contributed by atoms with E-state index in [0.717, 1.165) is 39.1 Å². The summed E-state index contributed by atoms with van der Waals surface area (Å²) in [5.41, 5.74) is 0. The van der Waals surface area contributed by atoms with Gasteiger partial charge >= 0.3 is 0 Å². The fraction of sp³-hybridized carbons (Fsp3) is 1.00. The van der Waals surface area contributed by atoms with Crippen LogP contribution in [0.15, 0.2) is 0 Å². The number of nitrogens with one attached hydrogen (secondary N) is 2. The van der Waals surface area contributed by atoms with E-state index in [1.54, 1.807) is 0 Å². The van der Waals surface area contributed by atoms with E-state index in [-0.39, 0.29) is 37.2 Å². The lowest BCUT2D eigenvalue weighted by molar-refractivity contribution is 0.163. The molecule has 0 spiro atoms. The highest BCUT2D eigenvalue weighted by Gasteiger charge is 2.11. The summed E-state index contributed by atoms with van der Waals surface area (Å²) in [5.74, 6) is 0.0501. The van der Waals surface area contributed by atoms with E-state index in [4.69, 9.17) is 4.74 Å². The summed E-state index contributed by atoms with van der Waals surface area (Å²) in [6, 6.07) is 0. The Labute approximate surface area is 134 Å². The molecule has 6 nitrogen and oxygen atoms in total. The van der Waals surface area contributed by atoms with Crippen LogP contribution in [0.5, 0.6) is 0 Å². The molecule has 1 fully saturated rings. The molecular formula is C11H27Cl2N3O3S. The van der Waals surface area contributed by atoms with Crippen LogP contribution in [0, 0.1) is 0 Å². The Morgan fingerprint density at radius 1 is 1.25 bits per heavy atom. The van der Waals surface area contributed by atoms with Crippen LogP contribution in [0.1, 0.15) is 13.3 Å². The number of rotatable bonds is 9. The molecule has 0 atom stereocenters. The second-order valence-corrected chi connectivity index (χ2v) is 6.28. The number of piperazine rings is 1. The third-order valence-electron chi connectivity index (χ3n) is 2.88. The second kappa shape index (κ2) is 13.1. The topological polar surface area (TPSA) is 70.7 Å². The molecule has 1 rings (SSSR count). The summed E-state index contributed by atoms with van der Waals surface area (Å²) < 4.78 is 30.7. The van der Waals surface area contributed by atoms with E-state index in [1.807, 2.05) is 6.92 Å². The number of ether oxygens (including phenoxy) is 1. The van der Waals surface area contributed by atoms with E-state index < -0.39 is 10.0 Å². The molecule has 0 saturated carbocycles. The van der Waals surface area contributed by atoms with Crippen molar-refractivity contribution >= 4 is 34.8 Å². The Hall–Kier alpha value is 0.370. The van der Waals surface area contributed by atoms with Crippen molar-refractivity contribution in [3.63, 3.8) is 0 Å². The molecule has 1 aliphatic rings. The Balaban J connectivity index is 0. The average molecular weight is 352 g/mol. The van der Waals surface area contributed by atoms with Gasteiger partial charge in [-0.05, 0) is 19.9 Å². The summed E-state index contributed by atoms with van der Waals surface area (Å²) in [6.45, 7) is 8.30. The molecule has 124 valence electrons. The average Bonchev–Trinajstić information content (AvgIpc) is 2.36. The van der Waals surface area contributed by atoms with Crippen molar-refractivity contribution in [1.29, 1.82) is 0 Å². The largest absolute Gasteiger partial charge is 0.381 e. The van der Waals surface area contributed by atoms with E-state index in [0.29, 0.717) is 13.2 Å². The summed E-state index contributed by atoms with van der Waals surface area (Å²) >= 11 is 0. The fourth-order valence-corrected chi connectivity index (χ4v) is 2.79. The second-order valence-electron chi connectivity index (χ2n) is 4.36. The van der Waals surface area contributed by atoms with Crippen molar-refractivity contribution in [2.24, 2.45) is 0 Å². The highest BCUT2D eigenvalue weighted by molar-refractivity contribution is 7.89. The standard InChI is InChI=1S/C11H25N3O3S.2ClH/c1-2-17-10-11-18(15,16)13-4-3-7-14-8-5-12-6-9-14;;/h12-13H,2-11H2,1H3;2*1H. The van der Waals surface area contributed by atoms with Crippen molar-refractivity contribution in [1.82, 2.24) is 14.9 Å². The number of halogens is 2. The third-order valence-corrected chi connectivity index (χ3v) is 4.23. The Kier molecular flexibility index (Phi) is 14.8. The molecular weight excluding hydrogens is 325 g/mol. The van der Waals surface area contributed by atoms with Gasteiger partial charge in [0.1, 0.15) is 0 Å². The molecule has 1 saturated heterocycles. The maximum absolute atomic E-state index is 11.5. The minimum Gasteiger partial charge on any atom is -0.381 e. The zero-order chi connectivity index (χ0) is 13.3. The molecule has 0 aromatic carbocycles. The van der Waals surface area contributed by atoms with Gasteiger partial charge in [-0.2, -0.15) is 0 Å². The van der Waals surface area contributed by atoms with Crippen LogP contribution in [0.4, 0.5) is 0 Å². The van der Waals surface area contributed by atoms with Crippen molar-refractivity contribution in [2.75, 3.05) is 58.2 Å². The van der Waals surface area contributed by atoms with E-state index in [1.165, 1.54) is 0 Å². The van der Waals surface area contributed by atoms with Gasteiger partial charge in [-0.15, -0.1) is 24.8 Å². The van der Waals surface area contributed by atoms with E-state index >= 15 is 0 Å². The Bertz CT molecular complexity index is 312. The molecule has 1 heterocycles. The van der Waals surface area contributed by atoms with Crippen LogP contribution in [-0.2, 0) is 14.8 Å². The predicted octanol–water partition coefficient (Wildman–Crippen LogP) is 0.0812. The molecule has 0 bridgehead atoms. The van der Waals surface area contributed by atoms with Crippen molar-refractivity contribution < 1.29 is 13.2 Å². The normalized spacial score (nSPS) is 16.2. The van der Waals surface area contributed by atoms with Gasteiger partial charge in [-0.25, -0.2) is 13.1 Å². The van der Waals surface area contributed by atoms with Gasteiger partial charge in [0.25, 0.3) is 0 Å². The molecule has 0 aromatic rings. The summed E-state index contributed by atoms with van der Waals surface area (Å²) in [7, 11) is -3.16. The maximum atomic E-state index is 11.5. The predicted molar refractivity (Wildman–Crippen MR) is 86.7 cm³/mol. The Morgan fingerprint density at radius 2 is 1.90 bits per heavy atom. The van der Waals surface area contributed by atoms with Gasteiger partial charge in [0.05, 0.1) is 12.4 Å². The van der Waals surface area contributed by atoms with Gasteiger partial charge in [0, 0.05) is 39.3 Å². The molecule has 9 heteroatoms. The van der Waals surface area contributed by atoms with E-state index in [9.17, 15) is 8.42 Å². The smallest absolute Gasteiger partial charge is 0.213 e. The maximum Gasteiger partial charge on any atom is 0.213 e. The van der Waals surface area contributed by atoms with Gasteiger partial charge in [0.15, 0.2) is 0 Å². The van der Waals surface area contributed by atoms with Gasteiger partial charge < -0.3 is 15.0 Å². The third kappa shape index (κ3) is 11.1. The number of hydrogen-bond acceptors (Lipinski definition) is 5. The van der Waals surface area contributed by atoms with Crippen LogP contribution in [-0.4, -0.2) is 71.6 Å². The van der Waals surface area contributed by atoms with Gasteiger partial charge in [0.2, 0.25) is 10.0 Å². The number of sulfonamides is 1. The Morgan fingerprint density at radius 3 is 2.50 bits per heavy atom. The van der Waals surface area contributed by atoms with Crippen molar-refractivity contribution in [3.05, 3.63) is 0 Å². The van der Waals surface area contributed by atoms with E-state index in [2.05, 4.69) is 14.9 Å². The fourth-order valence-electron chi connectivity index (χ4n) is 1.85. The highest BCUT2D eigenvalue weighted by atomic mass is 35.5. The first-order valence-corrected chi connectivity index (χ1v) is 8.27. The van der Waals surface area contributed by atoms with Crippen LogP contribution in [0.25, 0.3) is 0 Å². The lowest BCUT2D eigenvalue weighted by atomic mass is 10.3. The molecule has 20 heavy (non-hydrogen) atoms. The summed E-state index contributed by atoms with van der Waals surface area (Å²) in [4.78, 5) is 2.35.